The van der Waals surface area contributed by atoms with E-state index in [2.05, 4.69) is 18.2 Å². The number of ether oxygens (including phenoxy) is 1. The molecule has 0 bridgehead atoms. The van der Waals surface area contributed by atoms with Gasteiger partial charge in [0.25, 0.3) is 0 Å². The van der Waals surface area contributed by atoms with Crippen LogP contribution in [0.1, 0.15) is 37.7 Å². The molecule has 1 aliphatic carbocycles. The van der Waals surface area contributed by atoms with Crippen LogP contribution < -0.4 is 4.74 Å². The predicted octanol–water partition coefficient (Wildman–Crippen LogP) is 4.21. The quantitative estimate of drug-likeness (QED) is 0.918. The number of carbonyl (C=O) groups is 1. The van der Waals surface area contributed by atoms with Gasteiger partial charge in [0.05, 0.1) is 12.5 Å². The van der Waals surface area contributed by atoms with Crippen molar-refractivity contribution in [3.63, 3.8) is 0 Å². The number of fused-ring (bicyclic) bond motifs is 1. The molecule has 0 aromatic heterocycles. The fourth-order valence-electron chi connectivity index (χ4n) is 3.54. The molecule has 1 fully saturated rings. The second-order valence-electron chi connectivity index (χ2n) is 6.14. The molecule has 1 aliphatic rings. The summed E-state index contributed by atoms with van der Waals surface area (Å²) in [5.41, 5.74) is 0.496. The van der Waals surface area contributed by atoms with Gasteiger partial charge in [-0.1, -0.05) is 30.7 Å². The first-order valence-corrected chi connectivity index (χ1v) is 7.36. The minimum absolute atomic E-state index is 0.0986. The van der Waals surface area contributed by atoms with Crippen molar-refractivity contribution < 1.29 is 14.6 Å². The first-order valence-electron chi connectivity index (χ1n) is 7.36. The smallest absolute Gasteiger partial charge is 0.309 e. The van der Waals surface area contributed by atoms with Crippen LogP contribution in [0.3, 0.4) is 0 Å². The summed E-state index contributed by atoms with van der Waals surface area (Å²) in [6.07, 6.45) is 2.69. The van der Waals surface area contributed by atoms with Crippen LogP contribution >= 0.6 is 0 Å². The molecule has 2 aromatic rings. The number of carboxylic acids is 1. The van der Waals surface area contributed by atoms with Crippen LogP contribution in [0, 0.1) is 5.41 Å². The van der Waals surface area contributed by atoms with Gasteiger partial charge in [0, 0.05) is 0 Å². The Labute approximate surface area is 124 Å². The Morgan fingerprint density at radius 1 is 1.24 bits per heavy atom. The maximum Gasteiger partial charge on any atom is 0.309 e. The lowest BCUT2D eigenvalue weighted by atomic mass is 9.76. The minimum atomic E-state index is -0.681. The second-order valence-corrected chi connectivity index (χ2v) is 6.14. The highest BCUT2D eigenvalue weighted by molar-refractivity contribution is 5.85. The van der Waals surface area contributed by atoms with Crippen molar-refractivity contribution >= 4 is 16.7 Å². The van der Waals surface area contributed by atoms with Crippen molar-refractivity contribution in [3.05, 3.63) is 42.0 Å². The second kappa shape index (κ2) is 5.06. The van der Waals surface area contributed by atoms with Crippen molar-refractivity contribution in [2.24, 2.45) is 5.41 Å². The summed E-state index contributed by atoms with van der Waals surface area (Å²) >= 11 is 0. The van der Waals surface area contributed by atoms with E-state index in [1.165, 1.54) is 0 Å². The highest BCUT2D eigenvalue weighted by Gasteiger charge is 2.45. The molecule has 0 saturated heterocycles. The van der Waals surface area contributed by atoms with Crippen molar-refractivity contribution in [3.8, 4) is 5.75 Å². The van der Waals surface area contributed by atoms with Gasteiger partial charge < -0.3 is 9.84 Å². The van der Waals surface area contributed by atoms with Crippen LogP contribution in [-0.2, 0) is 4.79 Å². The van der Waals surface area contributed by atoms with E-state index in [0.29, 0.717) is 0 Å². The van der Waals surface area contributed by atoms with Crippen molar-refractivity contribution in [2.75, 3.05) is 7.11 Å². The Hall–Kier alpha value is -2.03. The highest BCUT2D eigenvalue weighted by atomic mass is 16.5. The topological polar surface area (TPSA) is 46.5 Å². The van der Waals surface area contributed by atoms with E-state index in [9.17, 15) is 9.90 Å². The fraction of sp³-hybridized carbons (Fsp3) is 0.389. The summed E-state index contributed by atoms with van der Waals surface area (Å²) in [5, 5.41) is 11.8. The molecule has 110 valence electrons. The molecule has 0 spiro atoms. The maximum atomic E-state index is 11.6. The lowest BCUT2D eigenvalue weighted by Crippen LogP contribution is -2.30. The first-order chi connectivity index (χ1) is 10.0. The summed E-state index contributed by atoms with van der Waals surface area (Å²) in [6.45, 7) is 1.88. The Bertz CT molecular complexity index is 692. The van der Waals surface area contributed by atoms with Gasteiger partial charge in [0.15, 0.2) is 0 Å². The molecule has 0 aliphatic heterocycles. The molecule has 0 unspecified atom stereocenters. The van der Waals surface area contributed by atoms with E-state index in [1.54, 1.807) is 7.11 Å². The summed E-state index contributed by atoms with van der Waals surface area (Å²) in [6, 6.07) is 12.2. The average molecular weight is 284 g/mol. The molecule has 3 rings (SSSR count). The normalized spacial score (nSPS) is 25.1. The largest absolute Gasteiger partial charge is 0.497 e. The Kier molecular flexibility index (Phi) is 3.36. The van der Waals surface area contributed by atoms with E-state index in [0.717, 1.165) is 41.3 Å². The zero-order valence-corrected chi connectivity index (χ0v) is 12.4. The van der Waals surface area contributed by atoms with Gasteiger partial charge in [0.1, 0.15) is 5.75 Å². The average Bonchev–Trinajstić information content (AvgIpc) is 2.89. The molecule has 1 N–H and O–H groups in total. The number of aliphatic carboxylic acids is 1. The van der Waals surface area contributed by atoms with Crippen LogP contribution in [-0.4, -0.2) is 18.2 Å². The summed E-state index contributed by atoms with van der Waals surface area (Å²) in [4.78, 5) is 11.6. The zero-order chi connectivity index (χ0) is 15.0. The van der Waals surface area contributed by atoms with Crippen molar-refractivity contribution in [1.29, 1.82) is 0 Å². The number of carboxylic acid groups (broad SMARTS) is 1. The highest BCUT2D eigenvalue weighted by Crippen LogP contribution is 2.49. The van der Waals surface area contributed by atoms with Gasteiger partial charge in [-0.2, -0.15) is 0 Å². The molecule has 2 aromatic carbocycles. The lowest BCUT2D eigenvalue weighted by molar-refractivity contribution is -0.148. The Balaban J connectivity index is 2.03. The van der Waals surface area contributed by atoms with E-state index < -0.39 is 11.4 Å². The van der Waals surface area contributed by atoms with Gasteiger partial charge in [-0.05, 0) is 54.2 Å². The van der Waals surface area contributed by atoms with Gasteiger partial charge in [-0.15, -0.1) is 0 Å². The zero-order valence-electron chi connectivity index (χ0n) is 12.4. The van der Waals surface area contributed by atoms with Gasteiger partial charge in [-0.3, -0.25) is 4.79 Å². The monoisotopic (exact) mass is 284 g/mol. The van der Waals surface area contributed by atoms with E-state index in [1.807, 2.05) is 25.1 Å². The Morgan fingerprint density at radius 2 is 1.95 bits per heavy atom. The number of rotatable bonds is 3. The summed E-state index contributed by atoms with van der Waals surface area (Å²) in [5.74, 6) is 0.257. The molecular weight excluding hydrogens is 264 g/mol. The van der Waals surface area contributed by atoms with Crippen LogP contribution in [0.25, 0.3) is 10.8 Å². The van der Waals surface area contributed by atoms with E-state index >= 15 is 0 Å². The number of methoxy groups -OCH3 is 1. The predicted molar refractivity (Wildman–Crippen MR) is 82.8 cm³/mol. The fourth-order valence-corrected chi connectivity index (χ4v) is 3.54. The van der Waals surface area contributed by atoms with E-state index in [4.69, 9.17) is 4.74 Å². The third-order valence-corrected chi connectivity index (χ3v) is 4.92. The van der Waals surface area contributed by atoms with Crippen LogP contribution in [0.2, 0.25) is 0 Å². The third-order valence-electron chi connectivity index (χ3n) is 4.92. The summed E-state index contributed by atoms with van der Waals surface area (Å²) < 4.78 is 5.24. The van der Waals surface area contributed by atoms with E-state index in [-0.39, 0.29) is 5.92 Å². The molecule has 21 heavy (non-hydrogen) atoms. The molecule has 0 radical (unpaired) electrons. The standard InChI is InChI=1S/C18H20O3/c1-18(17(19)20)9-3-4-16(18)14-6-5-13-11-15(21-2)8-7-12(13)10-14/h5-8,10-11,16H,3-4,9H2,1-2H3,(H,19,20)/t16-,18+/m0/s1. The minimum Gasteiger partial charge on any atom is -0.497 e. The lowest BCUT2D eigenvalue weighted by Gasteiger charge is -2.27. The number of hydrogen-bond acceptors (Lipinski definition) is 2. The van der Waals surface area contributed by atoms with Crippen LogP contribution in [0.15, 0.2) is 36.4 Å². The Morgan fingerprint density at radius 3 is 2.67 bits per heavy atom. The van der Waals surface area contributed by atoms with Crippen molar-refractivity contribution in [1.82, 2.24) is 0 Å². The molecule has 0 amide bonds. The van der Waals surface area contributed by atoms with Gasteiger partial charge in [0.2, 0.25) is 0 Å². The van der Waals surface area contributed by atoms with Gasteiger partial charge in [-0.25, -0.2) is 0 Å². The molecule has 1 saturated carbocycles. The third kappa shape index (κ3) is 2.27. The SMILES string of the molecule is COc1ccc2cc([C@@H]3CCC[C@@]3(C)C(=O)O)ccc2c1. The van der Waals surface area contributed by atoms with Crippen LogP contribution in [0.5, 0.6) is 5.75 Å². The van der Waals surface area contributed by atoms with Gasteiger partial charge >= 0.3 is 5.97 Å². The number of benzene rings is 2. The molecule has 0 heterocycles. The first kappa shape index (κ1) is 13.9. The summed E-state index contributed by atoms with van der Waals surface area (Å²) in [7, 11) is 1.66. The number of hydrogen-bond donors (Lipinski definition) is 1. The maximum absolute atomic E-state index is 11.6. The molecular formula is C18H20O3. The molecule has 3 heteroatoms. The molecule has 3 nitrogen and oxygen atoms in total. The van der Waals surface area contributed by atoms with Crippen LogP contribution in [0.4, 0.5) is 0 Å². The van der Waals surface area contributed by atoms with Crippen molar-refractivity contribution in [2.45, 2.75) is 32.1 Å². The molecule has 2 atom stereocenters.